The number of carbonyl (C=O) groups excluding carboxylic acids is 1. The lowest BCUT2D eigenvalue weighted by Crippen LogP contribution is -2.40. The molecule has 0 atom stereocenters. The highest BCUT2D eigenvalue weighted by molar-refractivity contribution is 6.01. The SMILES string of the molecule is CN1C(=O)C(C)(C)CNc2ccc(C#N)cc21. The lowest BCUT2D eigenvalue weighted by Gasteiger charge is -2.25. The Labute approximate surface area is 101 Å². The number of rotatable bonds is 0. The largest absolute Gasteiger partial charge is 0.382 e. The molecule has 0 spiro atoms. The van der Waals surface area contributed by atoms with Gasteiger partial charge in [0.25, 0.3) is 0 Å². The maximum absolute atomic E-state index is 12.2. The van der Waals surface area contributed by atoms with E-state index in [0.717, 1.165) is 11.4 Å². The fourth-order valence-electron chi connectivity index (χ4n) is 1.98. The monoisotopic (exact) mass is 229 g/mol. The van der Waals surface area contributed by atoms with Gasteiger partial charge < -0.3 is 10.2 Å². The Hall–Kier alpha value is -2.02. The summed E-state index contributed by atoms with van der Waals surface area (Å²) in [4.78, 5) is 13.9. The minimum atomic E-state index is -0.444. The van der Waals surface area contributed by atoms with Gasteiger partial charge in [-0.25, -0.2) is 0 Å². The maximum atomic E-state index is 12.2. The van der Waals surface area contributed by atoms with E-state index in [0.29, 0.717) is 12.1 Å². The van der Waals surface area contributed by atoms with Crippen LogP contribution >= 0.6 is 0 Å². The van der Waals surface area contributed by atoms with Gasteiger partial charge in [-0.15, -0.1) is 0 Å². The zero-order chi connectivity index (χ0) is 12.6. The lowest BCUT2D eigenvalue weighted by atomic mass is 9.92. The first kappa shape index (κ1) is 11.5. The van der Waals surface area contributed by atoms with Crippen molar-refractivity contribution in [2.45, 2.75) is 13.8 Å². The average Bonchev–Trinajstić information content (AvgIpc) is 2.41. The normalized spacial score (nSPS) is 17.8. The third-order valence-electron chi connectivity index (χ3n) is 3.09. The molecule has 1 aromatic carbocycles. The molecule has 4 nitrogen and oxygen atoms in total. The van der Waals surface area contributed by atoms with Crippen molar-refractivity contribution in [2.75, 3.05) is 23.8 Å². The van der Waals surface area contributed by atoms with E-state index >= 15 is 0 Å². The van der Waals surface area contributed by atoms with Crippen molar-refractivity contribution in [3.05, 3.63) is 23.8 Å². The van der Waals surface area contributed by atoms with Crippen molar-refractivity contribution in [2.24, 2.45) is 5.41 Å². The number of benzene rings is 1. The summed E-state index contributed by atoms with van der Waals surface area (Å²) < 4.78 is 0. The number of nitrogens with one attached hydrogen (secondary N) is 1. The molecule has 0 radical (unpaired) electrons. The molecule has 0 aliphatic carbocycles. The average molecular weight is 229 g/mol. The molecule has 88 valence electrons. The molecule has 1 aromatic rings. The Morgan fingerprint density at radius 3 is 2.82 bits per heavy atom. The number of hydrogen-bond donors (Lipinski definition) is 1. The summed E-state index contributed by atoms with van der Waals surface area (Å²) in [7, 11) is 1.75. The first-order valence-corrected chi connectivity index (χ1v) is 5.52. The second-order valence-corrected chi connectivity index (χ2v) is 4.95. The Kier molecular flexibility index (Phi) is 2.55. The quantitative estimate of drug-likeness (QED) is 0.740. The number of carbonyl (C=O) groups is 1. The van der Waals surface area contributed by atoms with E-state index in [1.807, 2.05) is 19.9 Å². The Bertz CT molecular complexity index is 514. The molecule has 1 aliphatic rings. The summed E-state index contributed by atoms with van der Waals surface area (Å²) in [6.45, 7) is 4.42. The third kappa shape index (κ3) is 1.84. The van der Waals surface area contributed by atoms with Crippen molar-refractivity contribution in [1.29, 1.82) is 5.26 Å². The van der Waals surface area contributed by atoms with Crippen molar-refractivity contribution in [1.82, 2.24) is 0 Å². The van der Waals surface area contributed by atoms with Crippen LogP contribution in [0.25, 0.3) is 0 Å². The zero-order valence-electron chi connectivity index (χ0n) is 10.2. The van der Waals surface area contributed by atoms with E-state index < -0.39 is 5.41 Å². The van der Waals surface area contributed by atoms with E-state index in [9.17, 15) is 4.79 Å². The number of nitrogens with zero attached hydrogens (tertiary/aromatic N) is 2. The van der Waals surface area contributed by atoms with E-state index in [-0.39, 0.29) is 5.91 Å². The molecule has 4 heteroatoms. The van der Waals surface area contributed by atoms with Crippen LogP contribution in [0.1, 0.15) is 19.4 Å². The summed E-state index contributed by atoms with van der Waals surface area (Å²) in [6, 6.07) is 7.42. The fraction of sp³-hybridized carbons (Fsp3) is 0.385. The van der Waals surface area contributed by atoms with E-state index in [1.165, 1.54) is 0 Å². The summed E-state index contributed by atoms with van der Waals surface area (Å²) in [5.74, 6) is 0.0545. The van der Waals surface area contributed by atoms with Crippen LogP contribution in [0, 0.1) is 16.7 Å². The molecule has 1 heterocycles. The fourth-order valence-corrected chi connectivity index (χ4v) is 1.98. The maximum Gasteiger partial charge on any atom is 0.234 e. The molecule has 1 amide bonds. The second-order valence-electron chi connectivity index (χ2n) is 4.95. The minimum Gasteiger partial charge on any atom is -0.382 e. The predicted molar refractivity (Wildman–Crippen MR) is 66.8 cm³/mol. The molecule has 0 saturated carbocycles. The molecule has 0 aromatic heterocycles. The van der Waals surface area contributed by atoms with Crippen molar-refractivity contribution < 1.29 is 4.79 Å². The van der Waals surface area contributed by atoms with Crippen molar-refractivity contribution in [3.63, 3.8) is 0 Å². The highest BCUT2D eigenvalue weighted by Crippen LogP contribution is 2.33. The molecule has 2 rings (SSSR count). The van der Waals surface area contributed by atoms with Gasteiger partial charge in [-0.05, 0) is 32.0 Å². The summed E-state index contributed by atoms with van der Waals surface area (Å²) in [5.41, 5.74) is 1.77. The van der Waals surface area contributed by atoms with Crippen LogP contribution in [0.2, 0.25) is 0 Å². The Morgan fingerprint density at radius 2 is 2.18 bits per heavy atom. The van der Waals surface area contributed by atoms with Gasteiger partial charge in [0.2, 0.25) is 5.91 Å². The number of amides is 1. The molecular weight excluding hydrogens is 214 g/mol. The number of hydrogen-bond acceptors (Lipinski definition) is 3. The van der Waals surface area contributed by atoms with Crippen molar-refractivity contribution in [3.8, 4) is 6.07 Å². The van der Waals surface area contributed by atoms with Crippen LogP contribution in [-0.2, 0) is 4.79 Å². The Morgan fingerprint density at radius 1 is 1.47 bits per heavy atom. The number of anilines is 2. The van der Waals surface area contributed by atoms with Crippen LogP contribution in [-0.4, -0.2) is 19.5 Å². The smallest absolute Gasteiger partial charge is 0.234 e. The molecule has 1 N–H and O–H groups in total. The molecule has 0 fully saturated rings. The van der Waals surface area contributed by atoms with Crippen LogP contribution in [0.15, 0.2) is 18.2 Å². The van der Waals surface area contributed by atoms with Gasteiger partial charge >= 0.3 is 0 Å². The summed E-state index contributed by atoms with van der Waals surface area (Å²) in [5, 5.41) is 12.1. The standard InChI is InChI=1S/C13H15N3O/c1-13(2)8-15-10-5-4-9(7-14)6-11(10)16(3)12(13)17/h4-6,15H,8H2,1-3H3. The van der Waals surface area contributed by atoms with Crippen LogP contribution in [0.3, 0.4) is 0 Å². The van der Waals surface area contributed by atoms with E-state index in [4.69, 9.17) is 5.26 Å². The van der Waals surface area contributed by atoms with Crippen LogP contribution in [0.4, 0.5) is 11.4 Å². The van der Waals surface area contributed by atoms with Gasteiger partial charge in [0.15, 0.2) is 0 Å². The van der Waals surface area contributed by atoms with Gasteiger partial charge in [0.1, 0.15) is 0 Å². The lowest BCUT2D eigenvalue weighted by molar-refractivity contribution is -0.125. The minimum absolute atomic E-state index is 0.0545. The highest BCUT2D eigenvalue weighted by Gasteiger charge is 2.34. The molecule has 0 saturated heterocycles. The van der Waals surface area contributed by atoms with Gasteiger partial charge in [0, 0.05) is 13.6 Å². The van der Waals surface area contributed by atoms with Gasteiger partial charge in [-0.1, -0.05) is 0 Å². The van der Waals surface area contributed by atoms with E-state index in [1.54, 1.807) is 24.1 Å². The van der Waals surface area contributed by atoms with Gasteiger partial charge in [-0.3, -0.25) is 4.79 Å². The molecule has 17 heavy (non-hydrogen) atoms. The first-order valence-electron chi connectivity index (χ1n) is 5.52. The number of nitriles is 1. The topological polar surface area (TPSA) is 56.1 Å². The Balaban J connectivity index is 2.53. The molecule has 0 bridgehead atoms. The molecule has 0 unspecified atom stereocenters. The summed E-state index contributed by atoms with van der Waals surface area (Å²) >= 11 is 0. The zero-order valence-corrected chi connectivity index (χ0v) is 10.2. The van der Waals surface area contributed by atoms with E-state index in [2.05, 4.69) is 11.4 Å². The second kappa shape index (κ2) is 3.77. The third-order valence-corrected chi connectivity index (χ3v) is 3.09. The van der Waals surface area contributed by atoms with Crippen molar-refractivity contribution >= 4 is 17.3 Å². The first-order chi connectivity index (χ1) is 7.95. The molecule has 1 aliphatic heterocycles. The summed E-state index contributed by atoms with van der Waals surface area (Å²) in [6.07, 6.45) is 0. The predicted octanol–water partition coefficient (Wildman–Crippen LogP) is 1.97. The van der Waals surface area contributed by atoms with Crippen LogP contribution in [0.5, 0.6) is 0 Å². The van der Waals surface area contributed by atoms with Crippen LogP contribution < -0.4 is 10.2 Å². The highest BCUT2D eigenvalue weighted by atomic mass is 16.2. The molecular formula is C13H15N3O. The van der Waals surface area contributed by atoms with Gasteiger partial charge in [0.05, 0.1) is 28.4 Å². The number of fused-ring (bicyclic) bond motifs is 1. The van der Waals surface area contributed by atoms with Gasteiger partial charge in [-0.2, -0.15) is 5.26 Å².